The summed E-state index contributed by atoms with van der Waals surface area (Å²) < 4.78 is 7.63. The van der Waals surface area contributed by atoms with Gasteiger partial charge in [-0.2, -0.15) is 0 Å². The summed E-state index contributed by atoms with van der Waals surface area (Å²) in [7, 11) is -1.72. The van der Waals surface area contributed by atoms with E-state index < -0.39 is 8.32 Å². The average Bonchev–Trinajstić information content (AvgIpc) is 2.82. The zero-order valence-corrected chi connectivity index (χ0v) is 17.8. The number of thiophene rings is 1. The summed E-state index contributed by atoms with van der Waals surface area (Å²) in [6, 6.07) is 2.02. The number of aliphatic hydroxyl groups is 1. The molecule has 0 saturated heterocycles. The largest absolute Gasteiger partial charge is 0.414 e. The highest BCUT2D eigenvalue weighted by molar-refractivity contribution is 9.10. The highest BCUT2D eigenvalue weighted by Crippen LogP contribution is 2.43. The normalized spacial score (nSPS) is 25.2. The first-order valence-electron chi connectivity index (χ1n) is 8.20. The molecule has 1 heterocycles. The average molecular weight is 405 g/mol. The predicted octanol–water partition coefficient (Wildman–Crippen LogP) is 6.12. The van der Waals surface area contributed by atoms with Gasteiger partial charge in [-0.05, 0) is 70.7 Å². The lowest BCUT2D eigenvalue weighted by Gasteiger charge is -2.42. The monoisotopic (exact) mass is 404 g/mol. The molecule has 1 aromatic heterocycles. The molecule has 22 heavy (non-hydrogen) atoms. The second-order valence-corrected chi connectivity index (χ2v) is 14.6. The van der Waals surface area contributed by atoms with E-state index in [1.54, 1.807) is 11.3 Å². The quantitative estimate of drug-likeness (QED) is 0.611. The van der Waals surface area contributed by atoms with Gasteiger partial charge < -0.3 is 9.53 Å². The standard InChI is InChI=1S/C17H29BrO2SSi/c1-17(2,3)22(4,5)20-13-8-6-7-12(11-13)15(19)16-14(18)9-10-21-16/h9-10,12-13,15,19H,6-8,11H2,1-5H3. The molecule has 5 heteroatoms. The van der Waals surface area contributed by atoms with Gasteiger partial charge in [-0.1, -0.05) is 27.2 Å². The van der Waals surface area contributed by atoms with Crippen LogP contribution in [0.25, 0.3) is 0 Å². The van der Waals surface area contributed by atoms with Crippen molar-refractivity contribution in [1.82, 2.24) is 0 Å². The van der Waals surface area contributed by atoms with Crippen LogP contribution in [0.15, 0.2) is 15.9 Å². The van der Waals surface area contributed by atoms with Gasteiger partial charge in [0.2, 0.25) is 0 Å². The van der Waals surface area contributed by atoms with E-state index in [0.29, 0.717) is 12.0 Å². The number of hydrogen-bond acceptors (Lipinski definition) is 3. The van der Waals surface area contributed by atoms with E-state index in [9.17, 15) is 5.11 Å². The van der Waals surface area contributed by atoms with Crippen LogP contribution < -0.4 is 0 Å². The van der Waals surface area contributed by atoms with E-state index in [0.717, 1.165) is 35.0 Å². The molecule has 2 nitrogen and oxygen atoms in total. The SMILES string of the molecule is CC(C)(C)[Si](C)(C)OC1CCCC(C(O)c2sccc2Br)C1. The molecule has 0 aromatic carbocycles. The Morgan fingerprint density at radius 1 is 1.36 bits per heavy atom. The van der Waals surface area contributed by atoms with Gasteiger partial charge in [-0.3, -0.25) is 0 Å². The fourth-order valence-electron chi connectivity index (χ4n) is 2.90. The Morgan fingerprint density at radius 2 is 2.05 bits per heavy atom. The molecule has 0 aliphatic heterocycles. The number of hydrogen-bond donors (Lipinski definition) is 1. The number of halogens is 1. The van der Waals surface area contributed by atoms with E-state index in [1.807, 2.05) is 11.4 Å². The molecule has 1 aliphatic carbocycles. The Labute approximate surface area is 148 Å². The van der Waals surface area contributed by atoms with E-state index in [-0.39, 0.29) is 11.1 Å². The minimum atomic E-state index is -1.72. The van der Waals surface area contributed by atoms with E-state index in [1.165, 1.54) is 0 Å². The maximum atomic E-state index is 10.7. The highest BCUT2D eigenvalue weighted by atomic mass is 79.9. The van der Waals surface area contributed by atoms with Gasteiger partial charge in [0.25, 0.3) is 0 Å². The van der Waals surface area contributed by atoms with Crippen molar-refractivity contribution in [2.45, 2.75) is 76.8 Å². The van der Waals surface area contributed by atoms with Crippen molar-refractivity contribution in [1.29, 1.82) is 0 Å². The van der Waals surface area contributed by atoms with Crippen LogP contribution in [0.1, 0.15) is 57.4 Å². The second-order valence-electron chi connectivity index (χ2n) is 8.00. The Kier molecular flexibility index (Phi) is 5.98. The van der Waals surface area contributed by atoms with E-state index >= 15 is 0 Å². The van der Waals surface area contributed by atoms with Crippen LogP contribution in [0, 0.1) is 5.92 Å². The molecule has 1 aliphatic rings. The zero-order valence-electron chi connectivity index (χ0n) is 14.4. The van der Waals surface area contributed by atoms with Crippen molar-refractivity contribution in [2.24, 2.45) is 5.92 Å². The van der Waals surface area contributed by atoms with Crippen LogP contribution in [0.2, 0.25) is 18.1 Å². The zero-order chi connectivity index (χ0) is 16.5. The second kappa shape index (κ2) is 7.05. The molecule has 0 bridgehead atoms. The van der Waals surface area contributed by atoms with Crippen LogP contribution >= 0.6 is 27.3 Å². The molecule has 2 rings (SSSR count). The Balaban J connectivity index is 2.02. The Bertz CT molecular complexity index is 495. The first kappa shape index (κ1) is 18.7. The minimum absolute atomic E-state index is 0.245. The summed E-state index contributed by atoms with van der Waals surface area (Å²) in [5, 5.41) is 13.0. The lowest BCUT2D eigenvalue weighted by molar-refractivity contribution is 0.0352. The number of rotatable bonds is 4. The summed E-state index contributed by atoms with van der Waals surface area (Å²) in [6.07, 6.45) is 4.33. The van der Waals surface area contributed by atoms with Crippen LogP contribution in [0.3, 0.4) is 0 Å². The topological polar surface area (TPSA) is 29.5 Å². The smallest absolute Gasteiger partial charge is 0.192 e. The summed E-state index contributed by atoms with van der Waals surface area (Å²) >= 11 is 5.19. The molecule has 126 valence electrons. The predicted molar refractivity (Wildman–Crippen MR) is 101 cm³/mol. The fraction of sp³-hybridized carbons (Fsp3) is 0.765. The number of aliphatic hydroxyl groups excluding tert-OH is 1. The van der Waals surface area contributed by atoms with Crippen molar-refractivity contribution in [3.63, 3.8) is 0 Å². The van der Waals surface area contributed by atoms with E-state index in [4.69, 9.17) is 4.43 Å². The van der Waals surface area contributed by atoms with Crippen molar-refractivity contribution in [3.8, 4) is 0 Å². The van der Waals surface area contributed by atoms with Gasteiger partial charge in [0.05, 0.1) is 6.10 Å². The third kappa shape index (κ3) is 4.23. The first-order chi connectivity index (χ1) is 10.1. The van der Waals surface area contributed by atoms with Crippen molar-refractivity contribution in [2.75, 3.05) is 0 Å². The third-order valence-corrected chi connectivity index (χ3v) is 11.8. The van der Waals surface area contributed by atoms with Crippen LogP contribution in [-0.2, 0) is 4.43 Å². The van der Waals surface area contributed by atoms with Gasteiger partial charge in [0, 0.05) is 15.5 Å². The van der Waals surface area contributed by atoms with Crippen LogP contribution in [-0.4, -0.2) is 19.5 Å². The Morgan fingerprint density at radius 3 is 2.59 bits per heavy atom. The minimum Gasteiger partial charge on any atom is -0.414 e. The first-order valence-corrected chi connectivity index (χ1v) is 12.8. The van der Waals surface area contributed by atoms with E-state index in [2.05, 4.69) is 49.8 Å². The fourth-order valence-corrected chi connectivity index (χ4v) is 5.99. The summed E-state index contributed by atoms with van der Waals surface area (Å²) in [6.45, 7) is 11.5. The van der Waals surface area contributed by atoms with Crippen LogP contribution in [0.4, 0.5) is 0 Å². The van der Waals surface area contributed by atoms with Crippen molar-refractivity contribution in [3.05, 3.63) is 20.8 Å². The summed E-state index contributed by atoms with van der Waals surface area (Å²) in [5.41, 5.74) is 0. The molecule has 0 radical (unpaired) electrons. The summed E-state index contributed by atoms with van der Waals surface area (Å²) in [4.78, 5) is 1.07. The molecule has 1 aromatic rings. The van der Waals surface area contributed by atoms with Crippen molar-refractivity contribution < 1.29 is 9.53 Å². The highest BCUT2D eigenvalue weighted by Gasteiger charge is 2.40. The maximum absolute atomic E-state index is 10.7. The third-order valence-electron chi connectivity index (χ3n) is 5.29. The molecule has 1 N–H and O–H groups in total. The molecular weight excluding hydrogens is 376 g/mol. The molecular formula is C17H29BrO2SSi. The lowest BCUT2D eigenvalue weighted by atomic mass is 9.83. The van der Waals surface area contributed by atoms with Gasteiger partial charge in [0.15, 0.2) is 8.32 Å². The molecule has 3 atom stereocenters. The van der Waals surface area contributed by atoms with Gasteiger partial charge in [-0.15, -0.1) is 11.3 Å². The van der Waals surface area contributed by atoms with Crippen LogP contribution in [0.5, 0.6) is 0 Å². The molecule has 1 saturated carbocycles. The molecule has 0 spiro atoms. The summed E-state index contributed by atoms with van der Waals surface area (Å²) in [5.74, 6) is 0.318. The molecule has 3 unspecified atom stereocenters. The lowest BCUT2D eigenvalue weighted by Crippen LogP contribution is -2.45. The molecule has 1 fully saturated rings. The molecule has 0 amide bonds. The Hall–Kier alpha value is 0.317. The van der Waals surface area contributed by atoms with Gasteiger partial charge in [0.1, 0.15) is 0 Å². The maximum Gasteiger partial charge on any atom is 0.192 e. The van der Waals surface area contributed by atoms with Gasteiger partial charge >= 0.3 is 0 Å². The van der Waals surface area contributed by atoms with Crippen molar-refractivity contribution >= 4 is 35.6 Å². The van der Waals surface area contributed by atoms with Gasteiger partial charge in [-0.25, -0.2) is 0 Å².